The number of hydrogen-bond acceptors (Lipinski definition) is 4. The molecule has 158 valence electrons. The third kappa shape index (κ3) is 4.75. The fourth-order valence-corrected chi connectivity index (χ4v) is 4.98. The number of rotatable bonds is 5. The van der Waals surface area contributed by atoms with E-state index >= 15 is 0 Å². The molecule has 0 atom stereocenters. The van der Waals surface area contributed by atoms with E-state index in [4.69, 9.17) is 9.73 Å². The standard InChI is InChI=1S/C20H31N3O3S.HI/c1-5-21-18(23-12-13-27(24,25)19(2,3)15-23)22-14-20(10-11-20)16-6-8-17(26-4)9-7-16;/h6-9H,5,10-15H2,1-4H3,(H,21,22);1H. The van der Waals surface area contributed by atoms with Crippen molar-refractivity contribution in [1.29, 1.82) is 0 Å². The van der Waals surface area contributed by atoms with Crippen LogP contribution in [0.3, 0.4) is 0 Å². The van der Waals surface area contributed by atoms with Gasteiger partial charge in [0.1, 0.15) is 5.75 Å². The van der Waals surface area contributed by atoms with Crippen molar-refractivity contribution in [2.45, 2.75) is 43.8 Å². The van der Waals surface area contributed by atoms with Gasteiger partial charge in [-0.25, -0.2) is 8.42 Å². The molecule has 2 fully saturated rings. The predicted molar refractivity (Wildman–Crippen MR) is 125 cm³/mol. The summed E-state index contributed by atoms with van der Waals surface area (Å²) in [4.78, 5) is 7.00. The quantitative estimate of drug-likeness (QED) is 0.367. The highest BCUT2D eigenvalue weighted by molar-refractivity contribution is 14.0. The second kappa shape index (κ2) is 8.77. The van der Waals surface area contributed by atoms with Crippen LogP contribution in [-0.2, 0) is 15.3 Å². The maximum absolute atomic E-state index is 12.3. The summed E-state index contributed by atoms with van der Waals surface area (Å²) in [6.45, 7) is 8.08. The van der Waals surface area contributed by atoms with Gasteiger partial charge in [-0.3, -0.25) is 4.99 Å². The lowest BCUT2D eigenvalue weighted by Crippen LogP contribution is -2.57. The number of hydrogen-bond donors (Lipinski definition) is 1. The molecule has 1 aromatic rings. The van der Waals surface area contributed by atoms with Gasteiger partial charge in [0, 0.05) is 25.0 Å². The van der Waals surface area contributed by atoms with Crippen molar-refractivity contribution in [1.82, 2.24) is 10.2 Å². The first-order valence-electron chi connectivity index (χ1n) is 9.63. The number of halogens is 1. The molecule has 0 radical (unpaired) electrons. The molecule has 1 aliphatic heterocycles. The van der Waals surface area contributed by atoms with Gasteiger partial charge in [-0.15, -0.1) is 24.0 Å². The largest absolute Gasteiger partial charge is 0.497 e. The molecule has 0 unspecified atom stereocenters. The van der Waals surface area contributed by atoms with Gasteiger partial charge in [0.25, 0.3) is 0 Å². The number of nitrogens with zero attached hydrogens (tertiary/aromatic N) is 2. The van der Waals surface area contributed by atoms with Crippen molar-refractivity contribution < 1.29 is 13.2 Å². The van der Waals surface area contributed by atoms with E-state index < -0.39 is 14.6 Å². The average molecular weight is 521 g/mol. The highest BCUT2D eigenvalue weighted by Gasteiger charge is 2.45. The second-order valence-electron chi connectivity index (χ2n) is 8.18. The minimum atomic E-state index is -3.06. The fraction of sp³-hybridized carbons (Fsp3) is 0.650. The lowest BCUT2D eigenvalue weighted by Gasteiger charge is -2.39. The second-order valence-corrected chi connectivity index (χ2v) is 10.9. The first-order chi connectivity index (χ1) is 12.7. The zero-order chi connectivity index (χ0) is 19.7. The first-order valence-corrected chi connectivity index (χ1v) is 11.3. The molecule has 1 aromatic carbocycles. The Kier molecular flexibility index (Phi) is 7.28. The molecule has 8 heteroatoms. The number of benzene rings is 1. The number of guanidine groups is 1. The summed E-state index contributed by atoms with van der Waals surface area (Å²) in [6, 6.07) is 8.26. The maximum atomic E-state index is 12.3. The van der Waals surface area contributed by atoms with Gasteiger partial charge < -0.3 is 15.0 Å². The van der Waals surface area contributed by atoms with Crippen LogP contribution in [0.5, 0.6) is 5.75 Å². The fourth-order valence-electron chi connectivity index (χ4n) is 3.61. The number of aliphatic imine (C=N–C) groups is 1. The number of nitrogens with one attached hydrogen (secondary N) is 1. The molecule has 0 spiro atoms. The Balaban J connectivity index is 0.00000280. The van der Waals surface area contributed by atoms with Crippen molar-refractivity contribution in [3.8, 4) is 5.75 Å². The Hall–Kier alpha value is -1.03. The summed E-state index contributed by atoms with van der Waals surface area (Å²) in [5.74, 6) is 1.86. The molecule has 28 heavy (non-hydrogen) atoms. The molecule has 1 saturated heterocycles. The van der Waals surface area contributed by atoms with Crippen LogP contribution in [-0.4, -0.2) is 63.1 Å². The first kappa shape index (κ1) is 23.3. The van der Waals surface area contributed by atoms with Crippen molar-refractivity contribution in [2.24, 2.45) is 4.99 Å². The van der Waals surface area contributed by atoms with Crippen LogP contribution in [0.15, 0.2) is 29.3 Å². The van der Waals surface area contributed by atoms with Crippen molar-refractivity contribution in [3.63, 3.8) is 0 Å². The van der Waals surface area contributed by atoms with Crippen LogP contribution < -0.4 is 10.1 Å². The SMILES string of the molecule is CCNC(=NCC1(c2ccc(OC)cc2)CC1)N1CCS(=O)(=O)C(C)(C)C1.I. The highest BCUT2D eigenvalue weighted by atomic mass is 127. The Morgan fingerprint density at radius 2 is 1.89 bits per heavy atom. The van der Waals surface area contributed by atoms with Crippen LogP contribution >= 0.6 is 24.0 Å². The van der Waals surface area contributed by atoms with Crippen molar-refractivity contribution >= 4 is 39.8 Å². The van der Waals surface area contributed by atoms with E-state index in [0.717, 1.165) is 31.1 Å². The summed E-state index contributed by atoms with van der Waals surface area (Å²) in [5, 5.41) is 3.35. The van der Waals surface area contributed by atoms with Crippen LogP contribution in [0, 0.1) is 0 Å². The summed E-state index contributed by atoms with van der Waals surface area (Å²) in [6.07, 6.45) is 2.25. The normalized spacial score (nSPS) is 22.1. The van der Waals surface area contributed by atoms with Crippen molar-refractivity contribution in [2.75, 3.05) is 39.0 Å². The van der Waals surface area contributed by atoms with Gasteiger partial charge in [0.05, 0.1) is 24.2 Å². The maximum Gasteiger partial charge on any atom is 0.194 e. The number of methoxy groups -OCH3 is 1. The van der Waals surface area contributed by atoms with Gasteiger partial charge in [0.15, 0.2) is 15.8 Å². The minimum absolute atomic E-state index is 0. The molecule has 3 rings (SSSR count). The number of ether oxygens (including phenoxy) is 1. The van der Waals surface area contributed by atoms with Crippen LogP contribution in [0.2, 0.25) is 0 Å². The molecule has 1 N–H and O–H groups in total. The topological polar surface area (TPSA) is 71.0 Å². The molecular formula is C20H32IN3O3S. The molecule has 2 aliphatic rings. The van der Waals surface area contributed by atoms with Gasteiger partial charge in [-0.1, -0.05) is 12.1 Å². The van der Waals surface area contributed by atoms with E-state index in [2.05, 4.69) is 22.3 Å². The third-order valence-electron chi connectivity index (χ3n) is 5.77. The van der Waals surface area contributed by atoms with Gasteiger partial charge in [0.2, 0.25) is 0 Å². The Morgan fingerprint density at radius 3 is 2.39 bits per heavy atom. The third-order valence-corrected chi connectivity index (χ3v) is 8.30. The van der Waals surface area contributed by atoms with E-state index in [-0.39, 0.29) is 35.1 Å². The molecule has 1 heterocycles. The highest BCUT2D eigenvalue weighted by Crippen LogP contribution is 2.48. The van der Waals surface area contributed by atoms with E-state index in [0.29, 0.717) is 19.6 Å². The lowest BCUT2D eigenvalue weighted by atomic mass is 9.96. The molecule has 0 bridgehead atoms. The predicted octanol–water partition coefficient (Wildman–Crippen LogP) is 2.82. The van der Waals surface area contributed by atoms with Crippen LogP contribution in [0.4, 0.5) is 0 Å². The number of sulfone groups is 1. The zero-order valence-electron chi connectivity index (χ0n) is 17.2. The summed E-state index contributed by atoms with van der Waals surface area (Å²) in [5.41, 5.74) is 1.40. The molecule has 1 saturated carbocycles. The molecular weight excluding hydrogens is 489 g/mol. The zero-order valence-corrected chi connectivity index (χ0v) is 20.3. The lowest BCUT2D eigenvalue weighted by molar-refractivity contribution is 0.353. The average Bonchev–Trinajstić information content (AvgIpc) is 3.42. The van der Waals surface area contributed by atoms with E-state index in [9.17, 15) is 8.42 Å². The minimum Gasteiger partial charge on any atom is -0.497 e. The van der Waals surface area contributed by atoms with Crippen LogP contribution in [0.1, 0.15) is 39.2 Å². The smallest absolute Gasteiger partial charge is 0.194 e. The molecule has 1 aliphatic carbocycles. The van der Waals surface area contributed by atoms with E-state index in [1.54, 1.807) is 21.0 Å². The molecule has 0 amide bonds. The Labute approximate surface area is 186 Å². The summed E-state index contributed by atoms with van der Waals surface area (Å²) < 4.78 is 29.1. The van der Waals surface area contributed by atoms with Gasteiger partial charge >= 0.3 is 0 Å². The molecule has 6 nitrogen and oxygen atoms in total. The summed E-state index contributed by atoms with van der Waals surface area (Å²) in [7, 11) is -1.38. The van der Waals surface area contributed by atoms with E-state index in [1.165, 1.54) is 5.56 Å². The van der Waals surface area contributed by atoms with E-state index in [1.807, 2.05) is 19.1 Å². The Bertz CT molecular complexity index is 802. The Morgan fingerprint density at radius 1 is 1.25 bits per heavy atom. The monoisotopic (exact) mass is 521 g/mol. The van der Waals surface area contributed by atoms with Gasteiger partial charge in [-0.05, 0) is 51.3 Å². The van der Waals surface area contributed by atoms with Gasteiger partial charge in [-0.2, -0.15) is 0 Å². The summed E-state index contributed by atoms with van der Waals surface area (Å²) >= 11 is 0. The van der Waals surface area contributed by atoms with Crippen molar-refractivity contribution in [3.05, 3.63) is 29.8 Å². The van der Waals surface area contributed by atoms with Crippen LogP contribution in [0.25, 0.3) is 0 Å². The molecule has 0 aromatic heterocycles.